The van der Waals surface area contributed by atoms with Gasteiger partial charge in [-0.3, -0.25) is 9.48 Å². The van der Waals surface area contributed by atoms with E-state index < -0.39 is 5.82 Å². The molecule has 1 saturated heterocycles. The van der Waals surface area contributed by atoms with Gasteiger partial charge in [0.1, 0.15) is 5.82 Å². The summed E-state index contributed by atoms with van der Waals surface area (Å²) in [4.78, 5) is 33.4. The standard InChI is InChI=1S/C27H28FN9O2/c1-5-24(38)37-11-9-20(16-37)36(4)25-21(14-30-26(34-25)33-19-13-31-35(3)15-19)18-6-7-23(22(28)12-18)39-27-29-10-8-17(2)32-27/h5-8,10,12-15,20H,1,9,11,16H2,2-4H3,(H,30,33,34)/t20-/m0/s1. The number of benzene rings is 1. The van der Waals surface area contributed by atoms with Crippen LogP contribution in [0.25, 0.3) is 11.1 Å². The molecule has 0 radical (unpaired) electrons. The molecule has 1 N–H and O–H groups in total. The minimum absolute atomic E-state index is 0.000264. The van der Waals surface area contributed by atoms with E-state index in [0.29, 0.717) is 41.7 Å². The van der Waals surface area contributed by atoms with Gasteiger partial charge in [0.05, 0.1) is 11.9 Å². The van der Waals surface area contributed by atoms with Gasteiger partial charge < -0.3 is 19.9 Å². The van der Waals surface area contributed by atoms with Gasteiger partial charge in [-0.2, -0.15) is 10.1 Å². The van der Waals surface area contributed by atoms with Gasteiger partial charge >= 0.3 is 6.01 Å². The second kappa shape index (κ2) is 10.9. The molecule has 200 valence electrons. The molecular weight excluding hydrogens is 501 g/mol. The number of amides is 1. The minimum atomic E-state index is -0.576. The predicted molar refractivity (Wildman–Crippen MR) is 144 cm³/mol. The second-order valence-corrected chi connectivity index (χ2v) is 9.23. The average molecular weight is 530 g/mol. The van der Waals surface area contributed by atoms with Crippen LogP contribution in [-0.2, 0) is 11.8 Å². The fourth-order valence-corrected chi connectivity index (χ4v) is 4.41. The number of carbonyl (C=O) groups excluding carboxylic acids is 1. The van der Waals surface area contributed by atoms with Gasteiger partial charge in [0.2, 0.25) is 11.9 Å². The lowest BCUT2D eigenvalue weighted by Crippen LogP contribution is -2.36. The highest BCUT2D eigenvalue weighted by atomic mass is 19.1. The molecule has 1 atom stereocenters. The van der Waals surface area contributed by atoms with E-state index in [0.717, 1.165) is 12.1 Å². The van der Waals surface area contributed by atoms with Crippen molar-refractivity contribution in [2.45, 2.75) is 19.4 Å². The first-order chi connectivity index (χ1) is 18.8. The molecule has 0 aliphatic carbocycles. The number of carbonyl (C=O) groups is 1. The van der Waals surface area contributed by atoms with E-state index in [1.807, 2.05) is 25.2 Å². The average Bonchev–Trinajstić information content (AvgIpc) is 3.58. The van der Waals surface area contributed by atoms with Crippen molar-refractivity contribution < 1.29 is 13.9 Å². The number of likely N-dealkylation sites (tertiary alicyclic amines) is 1. The van der Waals surface area contributed by atoms with E-state index >= 15 is 4.39 Å². The third-order valence-corrected chi connectivity index (χ3v) is 6.48. The molecule has 12 heteroatoms. The Morgan fingerprint density at radius 3 is 2.82 bits per heavy atom. The van der Waals surface area contributed by atoms with Gasteiger partial charge in [-0.05, 0) is 43.2 Å². The number of likely N-dealkylation sites (N-methyl/N-ethyl adjacent to an activating group) is 1. The number of rotatable bonds is 8. The molecule has 1 aliphatic heterocycles. The van der Waals surface area contributed by atoms with Crippen molar-refractivity contribution in [1.82, 2.24) is 34.6 Å². The summed E-state index contributed by atoms with van der Waals surface area (Å²) < 4.78 is 22.4. The summed E-state index contributed by atoms with van der Waals surface area (Å²) in [6.07, 6.45) is 8.76. The van der Waals surface area contributed by atoms with E-state index in [1.54, 1.807) is 47.2 Å². The summed E-state index contributed by atoms with van der Waals surface area (Å²) in [6.45, 7) is 6.53. The smallest absolute Gasteiger partial charge is 0.322 e. The van der Waals surface area contributed by atoms with E-state index in [9.17, 15) is 4.79 Å². The van der Waals surface area contributed by atoms with E-state index in [-0.39, 0.29) is 23.7 Å². The maximum atomic E-state index is 15.2. The molecule has 4 aromatic rings. The van der Waals surface area contributed by atoms with Gasteiger partial charge in [-0.1, -0.05) is 12.6 Å². The molecule has 0 bridgehead atoms. The fourth-order valence-electron chi connectivity index (χ4n) is 4.41. The summed E-state index contributed by atoms with van der Waals surface area (Å²) >= 11 is 0. The lowest BCUT2D eigenvalue weighted by molar-refractivity contribution is -0.125. The first kappa shape index (κ1) is 25.8. The van der Waals surface area contributed by atoms with Gasteiger partial charge in [-0.25, -0.2) is 19.3 Å². The summed E-state index contributed by atoms with van der Waals surface area (Å²) in [5, 5.41) is 7.32. The largest absolute Gasteiger partial charge is 0.421 e. The van der Waals surface area contributed by atoms with Gasteiger partial charge in [-0.15, -0.1) is 0 Å². The highest BCUT2D eigenvalue weighted by molar-refractivity contribution is 5.87. The van der Waals surface area contributed by atoms with E-state index in [2.05, 4.69) is 31.9 Å². The molecule has 3 aromatic heterocycles. The Bertz CT molecular complexity index is 1520. The molecule has 1 aromatic carbocycles. The zero-order valence-electron chi connectivity index (χ0n) is 21.9. The molecule has 39 heavy (non-hydrogen) atoms. The SMILES string of the molecule is C=CC(=O)N1CC[C@H](N(C)c2nc(Nc3cnn(C)c3)ncc2-c2ccc(Oc3nccc(C)n3)c(F)c2)C1. The van der Waals surface area contributed by atoms with Crippen LogP contribution in [0.3, 0.4) is 0 Å². The third kappa shape index (κ3) is 5.69. The maximum Gasteiger partial charge on any atom is 0.322 e. The van der Waals surface area contributed by atoms with Crippen molar-refractivity contribution in [2.75, 3.05) is 30.4 Å². The maximum absolute atomic E-state index is 15.2. The fraction of sp³-hybridized carbons (Fsp3) is 0.259. The van der Waals surface area contributed by atoms with Gasteiger partial charge in [0.15, 0.2) is 11.6 Å². The van der Waals surface area contributed by atoms with Crippen LogP contribution in [0.2, 0.25) is 0 Å². The number of ether oxygens (including phenoxy) is 1. The van der Waals surface area contributed by atoms with Crippen LogP contribution in [0, 0.1) is 12.7 Å². The molecule has 11 nitrogen and oxygen atoms in total. The molecule has 0 saturated carbocycles. The van der Waals surface area contributed by atoms with Gasteiger partial charge in [0.25, 0.3) is 0 Å². The predicted octanol–water partition coefficient (Wildman–Crippen LogP) is 3.87. The van der Waals surface area contributed by atoms with E-state index in [1.165, 1.54) is 18.2 Å². The number of hydrogen-bond donors (Lipinski definition) is 1. The van der Waals surface area contributed by atoms with E-state index in [4.69, 9.17) is 9.72 Å². The first-order valence-corrected chi connectivity index (χ1v) is 12.3. The van der Waals surface area contributed by atoms with Gasteiger partial charge in [0, 0.05) is 63.1 Å². The van der Waals surface area contributed by atoms with Crippen molar-refractivity contribution in [2.24, 2.45) is 7.05 Å². The van der Waals surface area contributed by atoms with Crippen LogP contribution in [0.1, 0.15) is 12.1 Å². The molecule has 0 spiro atoms. The Balaban J connectivity index is 1.47. The van der Waals surface area contributed by atoms with Crippen LogP contribution in [0.5, 0.6) is 11.8 Å². The molecule has 1 amide bonds. The van der Waals surface area contributed by atoms with Crippen LogP contribution in [-0.4, -0.2) is 66.7 Å². The highest BCUT2D eigenvalue weighted by Gasteiger charge is 2.30. The lowest BCUT2D eigenvalue weighted by Gasteiger charge is -2.28. The Morgan fingerprint density at radius 2 is 2.10 bits per heavy atom. The minimum Gasteiger partial charge on any atom is -0.421 e. The van der Waals surface area contributed by atoms with Crippen LogP contribution in [0.15, 0.2) is 61.7 Å². The Labute approximate surface area is 225 Å². The topological polar surface area (TPSA) is 114 Å². The Hall–Kier alpha value is -4.87. The quantitative estimate of drug-likeness (QED) is 0.340. The van der Waals surface area contributed by atoms with Crippen LogP contribution in [0.4, 0.5) is 21.8 Å². The third-order valence-electron chi connectivity index (χ3n) is 6.48. The highest BCUT2D eigenvalue weighted by Crippen LogP contribution is 2.35. The number of anilines is 3. The zero-order valence-corrected chi connectivity index (χ0v) is 21.9. The Kier molecular flexibility index (Phi) is 7.17. The lowest BCUT2D eigenvalue weighted by atomic mass is 10.1. The summed E-state index contributed by atoms with van der Waals surface area (Å²) in [5.74, 6) is 0.270. The molecular formula is C27H28FN9O2. The molecule has 4 heterocycles. The normalized spacial score (nSPS) is 14.8. The first-order valence-electron chi connectivity index (χ1n) is 12.3. The Morgan fingerprint density at radius 1 is 1.26 bits per heavy atom. The van der Waals surface area contributed by atoms with Crippen molar-refractivity contribution in [3.05, 3.63) is 73.2 Å². The number of aryl methyl sites for hydroxylation is 2. The number of halogens is 1. The van der Waals surface area contributed by atoms with Crippen molar-refractivity contribution in [1.29, 1.82) is 0 Å². The van der Waals surface area contributed by atoms with Crippen molar-refractivity contribution in [3.63, 3.8) is 0 Å². The summed E-state index contributed by atoms with van der Waals surface area (Å²) in [6, 6.07) is 6.43. The number of nitrogens with zero attached hydrogens (tertiary/aromatic N) is 8. The molecule has 1 aliphatic rings. The van der Waals surface area contributed by atoms with Crippen LogP contribution < -0.4 is 15.0 Å². The van der Waals surface area contributed by atoms with Crippen LogP contribution >= 0.6 is 0 Å². The monoisotopic (exact) mass is 529 g/mol. The summed E-state index contributed by atoms with van der Waals surface area (Å²) in [7, 11) is 3.73. The van der Waals surface area contributed by atoms with Crippen molar-refractivity contribution >= 4 is 23.4 Å². The summed E-state index contributed by atoms with van der Waals surface area (Å²) in [5.41, 5.74) is 2.63. The van der Waals surface area contributed by atoms with Crippen molar-refractivity contribution in [3.8, 4) is 22.9 Å². The number of nitrogens with one attached hydrogen (secondary N) is 1. The number of hydrogen-bond acceptors (Lipinski definition) is 9. The molecule has 5 rings (SSSR count). The molecule has 1 fully saturated rings. The molecule has 0 unspecified atom stereocenters. The number of aromatic nitrogens is 6. The zero-order chi connectivity index (χ0) is 27.5. The second-order valence-electron chi connectivity index (χ2n) is 9.23.